The fraction of sp³-hybridized carbons (Fsp3) is 0.385. The Labute approximate surface area is 90.3 Å². The normalized spacial score (nSPS) is 9.93. The zero-order valence-corrected chi connectivity index (χ0v) is 9.03. The van der Waals surface area contributed by atoms with E-state index in [1.54, 1.807) is 0 Å². The van der Waals surface area contributed by atoms with E-state index in [4.69, 9.17) is 0 Å². The fourth-order valence-electron chi connectivity index (χ4n) is 1.40. The summed E-state index contributed by atoms with van der Waals surface area (Å²) >= 11 is 0. The Morgan fingerprint density at radius 2 is 1.87 bits per heavy atom. The van der Waals surface area contributed by atoms with Crippen LogP contribution in [0, 0.1) is 6.92 Å². The Morgan fingerprint density at radius 3 is 2.47 bits per heavy atom. The highest BCUT2D eigenvalue weighted by Crippen LogP contribution is 2.09. The molecule has 80 valence electrons. The number of carbonyl (C=O) groups excluding carboxylic acids is 2. The lowest BCUT2D eigenvalue weighted by atomic mass is 10.0. The Bertz CT molecular complexity index is 325. The van der Waals surface area contributed by atoms with Gasteiger partial charge in [0.25, 0.3) is 0 Å². The monoisotopic (exact) mass is 204 g/mol. The summed E-state index contributed by atoms with van der Waals surface area (Å²) in [6.07, 6.45) is 3.60. The van der Waals surface area contributed by atoms with Gasteiger partial charge in [-0.05, 0) is 19.8 Å². The van der Waals surface area contributed by atoms with E-state index < -0.39 is 0 Å². The van der Waals surface area contributed by atoms with Gasteiger partial charge in [-0.1, -0.05) is 29.8 Å². The molecule has 1 aromatic carbocycles. The molecule has 0 fully saturated rings. The van der Waals surface area contributed by atoms with Gasteiger partial charge in [0.15, 0.2) is 5.78 Å². The van der Waals surface area contributed by atoms with Gasteiger partial charge in [0.2, 0.25) is 0 Å². The van der Waals surface area contributed by atoms with Gasteiger partial charge in [-0.3, -0.25) is 4.79 Å². The van der Waals surface area contributed by atoms with Gasteiger partial charge in [0.1, 0.15) is 6.29 Å². The fourth-order valence-corrected chi connectivity index (χ4v) is 1.40. The van der Waals surface area contributed by atoms with E-state index in [1.807, 2.05) is 31.2 Å². The largest absolute Gasteiger partial charge is 0.303 e. The molecule has 0 saturated carbocycles. The molecule has 0 bridgehead atoms. The SMILES string of the molecule is Cc1ccc(C(=O)CCCCC=O)cc1. The number of hydrogen-bond donors (Lipinski definition) is 0. The van der Waals surface area contributed by atoms with Crippen molar-refractivity contribution >= 4 is 12.1 Å². The summed E-state index contributed by atoms with van der Waals surface area (Å²) in [6.45, 7) is 2.00. The molecule has 0 aliphatic carbocycles. The first-order chi connectivity index (χ1) is 7.24. The van der Waals surface area contributed by atoms with Gasteiger partial charge in [-0.15, -0.1) is 0 Å². The van der Waals surface area contributed by atoms with Crippen LogP contribution in [0.15, 0.2) is 24.3 Å². The summed E-state index contributed by atoms with van der Waals surface area (Å²) in [6, 6.07) is 7.60. The third-order valence-corrected chi connectivity index (χ3v) is 2.35. The lowest BCUT2D eigenvalue weighted by molar-refractivity contribution is -0.107. The molecule has 0 aromatic heterocycles. The first kappa shape index (κ1) is 11.6. The Morgan fingerprint density at radius 1 is 1.20 bits per heavy atom. The molecule has 1 rings (SSSR count). The van der Waals surface area contributed by atoms with Crippen LogP contribution in [0.25, 0.3) is 0 Å². The number of carbonyl (C=O) groups is 2. The number of aryl methyl sites for hydroxylation is 1. The van der Waals surface area contributed by atoms with Crippen LogP contribution in [0.5, 0.6) is 0 Å². The first-order valence-corrected chi connectivity index (χ1v) is 5.27. The molecule has 1 aromatic rings. The smallest absolute Gasteiger partial charge is 0.162 e. The van der Waals surface area contributed by atoms with Crippen LogP contribution < -0.4 is 0 Å². The zero-order chi connectivity index (χ0) is 11.1. The summed E-state index contributed by atoms with van der Waals surface area (Å²) in [5.41, 5.74) is 1.93. The molecule has 0 atom stereocenters. The zero-order valence-electron chi connectivity index (χ0n) is 9.03. The number of ketones is 1. The second-order valence-electron chi connectivity index (χ2n) is 3.70. The third-order valence-electron chi connectivity index (χ3n) is 2.35. The highest BCUT2D eigenvalue weighted by molar-refractivity contribution is 5.96. The molecular formula is C13H16O2. The van der Waals surface area contributed by atoms with Crippen LogP contribution in [-0.4, -0.2) is 12.1 Å². The molecule has 2 heteroatoms. The van der Waals surface area contributed by atoms with Gasteiger partial charge in [0.05, 0.1) is 0 Å². The average molecular weight is 204 g/mol. The van der Waals surface area contributed by atoms with Gasteiger partial charge >= 0.3 is 0 Å². The summed E-state index contributed by atoms with van der Waals surface area (Å²) in [4.78, 5) is 21.7. The number of aldehydes is 1. The van der Waals surface area contributed by atoms with Crippen LogP contribution in [0.1, 0.15) is 41.6 Å². The predicted octanol–water partition coefficient (Wildman–Crippen LogP) is 2.94. The van der Waals surface area contributed by atoms with Crippen molar-refractivity contribution in [3.05, 3.63) is 35.4 Å². The lowest BCUT2D eigenvalue weighted by Crippen LogP contribution is -1.98. The van der Waals surface area contributed by atoms with Crippen LogP contribution in [0.3, 0.4) is 0 Å². The number of unbranched alkanes of at least 4 members (excludes halogenated alkanes) is 2. The molecule has 15 heavy (non-hydrogen) atoms. The molecular weight excluding hydrogens is 188 g/mol. The van der Waals surface area contributed by atoms with E-state index >= 15 is 0 Å². The van der Waals surface area contributed by atoms with Crippen LogP contribution in [0.2, 0.25) is 0 Å². The van der Waals surface area contributed by atoms with E-state index in [-0.39, 0.29) is 5.78 Å². The third kappa shape index (κ3) is 4.07. The highest BCUT2D eigenvalue weighted by atomic mass is 16.1. The highest BCUT2D eigenvalue weighted by Gasteiger charge is 2.04. The molecule has 0 spiro atoms. The maximum atomic E-state index is 11.6. The summed E-state index contributed by atoms with van der Waals surface area (Å²) < 4.78 is 0. The Balaban J connectivity index is 2.40. The number of Topliss-reactive ketones (excluding diaryl/α,β-unsaturated/α-hetero) is 1. The molecule has 0 unspecified atom stereocenters. The second-order valence-corrected chi connectivity index (χ2v) is 3.70. The van der Waals surface area contributed by atoms with Crippen molar-refractivity contribution in [2.45, 2.75) is 32.6 Å². The van der Waals surface area contributed by atoms with Crippen molar-refractivity contribution in [2.24, 2.45) is 0 Å². The van der Waals surface area contributed by atoms with Gasteiger partial charge in [0, 0.05) is 18.4 Å². The van der Waals surface area contributed by atoms with E-state index in [0.29, 0.717) is 12.8 Å². The van der Waals surface area contributed by atoms with Crippen molar-refractivity contribution in [3.63, 3.8) is 0 Å². The van der Waals surface area contributed by atoms with E-state index in [0.717, 1.165) is 30.3 Å². The minimum absolute atomic E-state index is 0.167. The first-order valence-electron chi connectivity index (χ1n) is 5.27. The lowest BCUT2D eigenvalue weighted by Gasteiger charge is -2.00. The van der Waals surface area contributed by atoms with Gasteiger partial charge in [-0.25, -0.2) is 0 Å². The molecule has 0 radical (unpaired) electrons. The van der Waals surface area contributed by atoms with E-state index in [9.17, 15) is 9.59 Å². The van der Waals surface area contributed by atoms with Gasteiger partial charge in [-0.2, -0.15) is 0 Å². The predicted molar refractivity (Wildman–Crippen MR) is 60.0 cm³/mol. The summed E-state index contributed by atoms with van der Waals surface area (Å²) in [7, 11) is 0. The van der Waals surface area contributed by atoms with Crippen molar-refractivity contribution in [1.82, 2.24) is 0 Å². The molecule has 0 aliphatic rings. The minimum Gasteiger partial charge on any atom is -0.303 e. The summed E-state index contributed by atoms with van der Waals surface area (Å²) in [5.74, 6) is 0.167. The molecule has 0 heterocycles. The van der Waals surface area contributed by atoms with Crippen molar-refractivity contribution in [2.75, 3.05) is 0 Å². The van der Waals surface area contributed by atoms with Crippen LogP contribution in [0.4, 0.5) is 0 Å². The van der Waals surface area contributed by atoms with E-state index in [2.05, 4.69) is 0 Å². The minimum atomic E-state index is 0.167. The molecule has 0 saturated heterocycles. The second kappa shape index (κ2) is 6.12. The van der Waals surface area contributed by atoms with E-state index in [1.165, 1.54) is 0 Å². The maximum absolute atomic E-state index is 11.6. The van der Waals surface area contributed by atoms with Crippen molar-refractivity contribution in [1.29, 1.82) is 0 Å². The standard InChI is InChI=1S/C13H16O2/c1-11-6-8-12(9-7-11)13(15)5-3-2-4-10-14/h6-10H,2-5H2,1H3. The van der Waals surface area contributed by atoms with Crippen molar-refractivity contribution in [3.8, 4) is 0 Å². The molecule has 2 nitrogen and oxygen atoms in total. The molecule has 0 amide bonds. The molecule has 0 N–H and O–H groups in total. The maximum Gasteiger partial charge on any atom is 0.162 e. The summed E-state index contributed by atoms with van der Waals surface area (Å²) in [5, 5.41) is 0. The molecule has 0 aliphatic heterocycles. The number of benzene rings is 1. The van der Waals surface area contributed by atoms with Gasteiger partial charge < -0.3 is 4.79 Å². The Kier molecular flexibility index (Phi) is 4.75. The topological polar surface area (TPSA) is 34.1 Å². The van der Waals surface area contributed by atoms with Crippen LogP contribution in [-0.2, 0) is 4.79 Å². The van der Waals surface area contributed by atoms with Crippen molar-refractivity contribution < 1.29 is 9.59 Å². The quantitative estimate of drug-likeness (QED) is 0.405. The Hall–Kier alpha value is -1.44. The number of hydrogen-bond acceptors (Lipinski definition) is 2. The van der Waals surface area contributed by atoms with Crippen LogP contribution >= 0.6 is 0 Å². The number of rotatable bonds is 6. The average Bonchev–Trinajstić information content (AvgIpc) is 2.25.